The van der Waals surface area contributed by atoms with Gasteiger partial charge in [-0.25, -0.2) is 4.79 Å². The molecule has 0 bridgehead atoms. The molecule has 0 saturated carbocycles. The van der Waals surface area contributed by atoms with Gasteiger partial charge in [0.2, 0.25) is 11.8 Å². The van der Waals surface area contributed by atoms with Gasteiger partial charge in [0.15, 0.2) is 0 Å². The van der Waals surface area contributed by atoms with Crippen molar-refractivity contribution in [1.82, 2.24) is 15.2 Å². The first-order valence-electron chi connectivity index (χ1n) is 8.06. The Labute approximate surface area is 140 Å². The number of pyridine rings is 1. The highest BCUT2D eigenvalue weighted by atomic mass is 19.1. The fraction of sp³-hybridized carbons (Fsp3) is 0.333. The highest BCUT2D eigenvalue weighted by Crippen LogP contribution is 2.16. The van der Waals surface area contributed by atoms with Crippen LogP contribution in [0.5, 0.6) is 5.88 Å². The molecule has 1 aliphatic rings. The molecule has 126 valence electrons. The lowest BCUT2D eigenvalue weighted by atomic mass is 10.1. The third-order valence-electron chi connectivity index (χ3n) is 3.94. The van der Waals surface area contributed by atoms with E-state index in [1.54, 1.807) is 17.0 Å². The molecule has 2 heterocycles. The third kappa shape index (κ3) is 4.44. The first-order chi connectivity index (χ1) is 11.7. The van der Waals surface area contributed by atoms with Gasteiger partial charge in [0.1, 0.15) is 6.10 Å². The van der Waals surface area contributed by atoms with E-state index in [1.807, 2.05) is 30.3 Å². The van der Waals surface area contributed by atoms with E-state index in [-0.39, 0.29) is 18.0 Å². The van der Waals surface area contributed by atoms with Gasteiger partial charge in [-0.05, 0) is 18.1 Å². The summed E-state index contributed by atoms with van der Waals surface area (Å²) >= 11 is 0. The van der Waals surface area contributed by atoms with Gasteiger partial charge in [0.05, 0.1) is 6.54 Å². The minimum atomic E-state index is -0.569. The number of aromatic nitrogens is 1. The Morgan fingerprint density at radius 1 is 1.25 bits per heavy atom. The fourth-order valence-corrected chi connectivity index (χ4v) is 2.71. The van der Waals surface area contributed by atoms with Crippen molar-refractivity contribution in [3.8, 4) is 5.88 Å². The summed E-state index contributed by atoms with van der Waals surface area (Å²) in [4.78, 5) is 17.6. The van der Waals surface area contributed by atoms with Crippen LogP contribution in [0.25, 0.3) is 0 Å². The van der Waals surface area contributed by atoms with E-state index < -0.39 is 5.95 Å². The smallest absolute Gasteiger partial charge is 0.317 e. The average Bonchev–Trinajstić information content (AvgIpc) is 3.04. The third-order valence-corrected chi connectivity index (χ3v) is 3.94. The Bertz CT molecular complexity index is 681. The van der Waals surface area contributed by atoms with Gasteiger partial charge in [0, 0.05) is 25.6 Å². The van der Waals surface area contributed by atoms with Gasteiger partial charge in [-0.15, -0.1) is 0 Å². The topological polar surface area (TPSA) is 54.5 Å². The summed E-state index contributed by atoms with van der Waals surface area (Å²) in [7, 11) is 0. The Balaban J connectivity index is 1.42. The maximum Gasteiger partial charge on any atom is 0.317 e. The molecule has 0 spiro atoms. The first kappa shape index (κ1) is 16.2. The van der Waals surface area contributed by atoms with E-state index in [1.165, 1.54) is 11.6 Å². The Kier molecular flexibility index (Phi) is 5.25. The summed E-state index contributed by atoms with van der Waals surface area (Å²) in [6.07, 6.45) is 1.36. The molecular weight excluding hydrogens is 309 g/mol. The predicted molar refractivity (Wildman–Crippen MR) is 88.3 cm³/mol. The Morgan fingerprint density at radius 2 is 2.08 bits per heavy atom. The molecule has 1 unspecified atom stereocenters. The van der Waals surface area contributed by atoms with E-state index in [4.69, 9.17) is 4.74 Å². The normalized spacial score (nSPS) is 16.9. The zero-order valence-corrected chi connectivity index (χ0v) is 13.3. The lowest BCUT2D eigenvalue weighted by Crippen LogP contribution is -2.40. The zero-order chi connectivity index (χ0) is 16.8. The maximum absolute atomic E-state index is 13.1. The van der Waals surface area contributed by atoms with Crippen molar-refractivity contribution < 1.29 is 13.9 Å². The number of nitrogens with zero attached hydrogens (tertiary/aromatic N) is 2. The molecule has 1 aromatic heterocycles. The molecule has 3 rings (SSSR count). The van der Waals surface area contributed by atoms with E-state index in [9.17, 15) is 9.18 Å². The van der Waals surface area contributed by atoms with Crippen molar-refractivity contribution in [2.45, 2.75) is 18.9 Å². The molecule has 2 amide bonds. The van der Waals surface area contributed by atoms with Crippen LogP contribution in [-0.4, -0.2) is 41.7 Å². The number of hydrogen-bond acceptors (Lipinski definition) is 3. The molecule has 2 aromatic rings. The van der Waals surface area contributed by atoms with Crippen LogP contribution >= 0.6 is 0 Å². The largest absolute Gasteiger partial charge is 0.472 e. The minimum Gasteiger partial charge on any atom is -0.472 e. The SMILES string of the molecule is O=C(NCCc1ccccc1)N1CCC(Oc2cccc(F)n2)C1. The van der Waals surface area contributed by atoms with Crippen LogP contribution in [-0.2, 0) is 6.42 Å². The number of ether oxygens (including phenoxy) is 1. The van der Waals surface area contributed by atoms with Crippen molar-refractivity contribution in [3.63, 3.8) is 0 Å². The van der Waals surface area contributed by atoms with Crippen LogP contribution in [0.3, 0.4) is 0 Å². The molecule has 1 aliphatic heterocycles. The number of benzene rings is 1. The highest BCUT2D eigenvalue weighted by molar-refractivity contribution is 5.74. The molecule has 0 aliphatic carbocycles. The zero-order valence-electron chi connectivity index (χ0n) is 13.3. The predicted octanol–water partition coefficient (Wildman–Crippen LogP) is 2.63. The van der Waals surface area contributed by atoms with Crippen LogP contribution in [0.4, 0.5) is 9.18 Å². The monoisotopic (exact) mass is 329 g/mol. The standard InChI is InChI=1S/C18H20FN3O2/c19-16-7-4-8-17(21-16)24-15-10-12-22(13-15)18(23)20-11-9-14-5-2-1-3-6-14/h1-8,15H,9-13H2,(H,20,23). The fourth-order valence-electron chi connectivity index (χ4n) is 2.71. The van der Waals surface area contributed by atoms with Gasteiger partial charge in [-0.3, -0.25) is 0 Å². The number of urea groups is 1. The number of rotatable bonds is 5. The van der Waals surface area contributed by atoms with Gasteiger partial charge in [0.25, 0.3) is 0 Å². The first-order valence-corrected chi connectivity index (χ1v) is 8.06. The number of carbonyl (C=O) groups excluding carboxylic acids is 1. The Morgan fingerprint density at radius 3 is 2.88 bits per heavy atom. The van der Waals surface area contributed by atoms with Crippen molar-refractivity contribution in [2.75, 3.05) is 19.6 Å². The molecule has 1 saturated heterocycles. The minimum absolute atomic E-state index is 0.0933. The van der Waals surface area contributed by atoms with Crippen molar-refractivity contribution in [3.05, 3.63) is 60.0 Å². The van der Waals surface area contributed by atoms with Gasteiger partial charge in [-0.2, -0.15) is 9.37 Å². The van der Waals surface area contributed by atoms with Crippen LogP contribution in [0.1, 0.15) is 12.0 Å². The summed E-state index contributed by atoms with van der Waals surface area (Å²) < 4.78 is 18.7. The summed E-state index contributed by atoms with van der Waals surface area (Å²) in [5.74, 6) is -0.313. The van der Waals surface area contributed by atoms with Crippen LogP contribution in [0.2, 0.25) is 0 Å². The van der Waals surface area contributed by atoms with Crippen LogP contribution < -0.4 is 10.1 Å². The van der Waals surface area contributed by atoms with Crippen molar-refractivity contribution in [1.29, 1.82) is 0 Å². The lowest BCUT2D eigenvalue weighted by Gasteiger charge is -2.17. The average molecular weight is 329 g/mol. The molecule has 1 N–H and O–H groups in total. The molecule has 1 atom stereocenters. The van der Waals surface area contributed by atoms with E-state index in [0.29, 0.717) is 26.1 Å². The van der Waals surface area contributed by atoms with Gasteiger partial charge < -0.3 is 15.0 Å². The highest BCUT2D eigenvalue weighted by Gasteiger charge is 2.27. The number of likely N-dealkylation sites (tertiary alicyclic amines) is 1. The number of nitrogens with one attached hydrogen (secondary N) is 1. The molecule has 1 aromatic carbocycles. The molecule has 5 nitrogen and oxygen atoms in total. The molecule has 6 heteroatoms. The second-order valence-corrected chi connectivity index (χ2v) is 5.74. The van der Waals surface area contributed by atoms with Crippen LogP contribution in [0.15, 0.2) is 48.5 Å². The molecular formula is C18H20FN3O2. The van der Waals surface area contributed by atoms with Gasteiger partial charge >= 0.3 is 6.03 Å². The number of carbonyl (C=O) groups is 1. The van der Waals surface area contributed by atoms with E-state index >= 15 is 0 Å². The molecule has 1 fully saturated rings. The quantitative estimate of drug-likeness (QED) is 0.858. The van der Waals surface area contributed by atoms with Gasteiger partial charge in [-0.1, -0.05) is 36.4 Å². The molecule has 24 heavy (non-hydrogen) atoms. The number of amides is 2. The number of hydrogen-bond donors (Lipinski definition) is 1. The lowest BCUT2D eigenvalue weighted by molar-refractivity contribution is 0.182. The second-order valence-electron chi connectivity index (χ2n) is 5.74. The van der Waals surface area contributed by atoms with E-state index in [2.05, 4.69) is 10.3 Å². The maximum atomic E-state index is 13.1. The van der Waals surface area contributed by atoms with Crippen LogP contribution in [0, 0.1) is 5.95 Å². The summed E-state index contributed by atoms with van der Waals surface area (Å²) in [5.41, 5.74) is 1.19. The Hall–Kier alpha value is -2.63. The summed E-state index contributed by atoms with van der Waals surface area (Å²) in [5, 5.41) is 2.92. The van der Waals surface area contributed by atoms with Crippen molar-refractivity contribution in [2.24, 2.45) is 0 Å². The van der Waals surface area contributed by atoms with E-state index in [0.717, 1.165) is 6.42 Å². The second kappa shape index (κ2) is 7.77. The molecule has 0 radical (unpaired) electrons. The summed E-state index contributed by atoms with van der Waals surface area (Å²) in [6, 6.07) is 14.4. The van der Waals surface area contributed by atoms with Crippen molar-refractivity contribution >= 4 is 6.03 Å². The number of halogens is 1. The summed E-state index contributed by atoms with van der Waals surface area (Å²) in [6.45, 7) is 1.70.